The molecule has 2 fully saturated rings. The molecule has 0 bridgehead atoms. The van der Waals surface area contributed by atoms with Gasteiger partial charge in [0.25, 0.3) is 0 Å². The van der Waals surface area contributed by atoms with E-state index in [1.807, 2.05) is 18.2 Å². The van der Waals surface area contributed by atoms with E-state index in [4.69, 9.17) is 4.74 Å². The Hall–Kier alpha value is -0.990. The summed E-state index contributed by atoms with van der Waals surface area (Å²) in [4.78, 5) is 0. The molecule has 1 aliphatic carbocycles. The quantitative estimate of drug-likeness (QED) is 0.831. The van der Waals surface area contributed by atoms with E-state index in [-0.39, 0.29) is 30.2 Å². The molecule has 0 spiro atoms. The maximum atomic E-state index is 9.85. The van der Waals surface area contributed by atoms with E-state index in [9.17, 15) is 5.26 Å². The lowest BCUT2D eigenvalue weighted by Crippen LogP contribution is -2.47. The van der Waals surface area contributed by atoms with Crippen molar-refractivity contribution in [3.05, 3.63) is 29.8 Å². The van der Waals surface area contributed by atoms with Gasteiger partial charge in [-0.05, 0) is 69.3 Å². The van der Waals surface area contributed by atoms with Crippen LogP contribution in [0.5, 0.6) is 5.75 Å². The van der Waals surface area contributed by atoms with Crippen LogP contribution in [-0.4, -0.2) is 32.3 Å². The van der Waals surface area contributed by atoms with E-state index in [0.29, 0.717) is 12.1 Å². The molecular formula is C19H29Cl2N3O. The second-order valence-corrected chi connectivity index (χ2v) is 6.89. The maximum Gasteiger partial charge on any atom is 0.119 e. The van der Waals surface area contributed by atoms with E-state index in [2.05, 4.69) is 22.8 Å². The fourth-order valence-corrected chi connectivity index (χ4v) is 3.98. The molecule has 25 heavy (non-hydrogen) atoms. The van der Waals surface area contributed by atoms with Gasteiger partial charge in [0.15, 0.2) is 0 Å². The summed E-state index contributed by atoms with van der Waals surface area (Å²) >= 11 is 0. The first-order valence-corrected chi connectivity index (χ1v) is 8.78. The van der Waals surface area contributed by atoms with Gasteiger partial charge in [-0.15, -0.1) is 24.8 Å². The topological polar surface area (TPSA) is 57.1 Å². The van der Waals surface area contributed by atoms with E-state index >= 15 is 0 Å². The number of hydrogen-bond acceptors (Lipinski definition) is 4. The number of hydrogen-bond donors (Lipinski definition) is 2. The first kappa shape index (κ1) is 22.1. The van der Waals surface area contributed by atoms with E-state index in [1.54, 1.807) is 7.11 Å². The zero-order chi connectivity index (χ0) is 16.1. The van der Waals surface area contributed by atoms with Gasteiger partial charge >= 0.3 is 0 Å². The van der Waals surface area contributed by atoms with Crippen molar-refractivity contribution in [3.63, 3.8) is 0 Å². The smallest absolute Gasteiger partial charge is 0.119 e. The minimum absolute atomic E-state index is 0. The molecule has 0 radical (unpaired) electrons. The minimum atomic E-state index is -0.346. The minimum Gasteiger partial charge on any atom is -0.497 e. The molecule has 6 heteroatoms. The highest BCUT2D eigenvalue weighted by Gasteiger charge is 2.37. The molecule has 1 saturated heterocycles. The molecule has 1 aromatic rings. The zero-order valence-electron chi connectivity index (χ0n) is 14.8. The van der Waals surface area contributed by atoms with Crippen molar-refractivity contribution in [1.29, 1.82) is 5.26 Å². The summed E-state index contributed by atoms with van der Waals surface area (Å²) < 4.78 is 5.33. The van der Waals surface area contributed by atoms with Crippen molar-refractivity contribution < 1.29 is 4.74 Å². The van der Waals surface area contributed by atoms with Crippen LogP contribution in [0.2, 0.25) is 0 Å². The van der Waals surface area contributed by atoms with Crippen LogP contribution in [0.4, 0.5) is 0 Å². The lowest BCUT2D eigenvalue weighted by molar-refractivity contribution is 0.257. The number of methoxy groups -OCH3 is 1. The van der Waals surface area contributed by atoms with Crippen LogP contribution in [0, 0.1) is 11.3 Å². The molecule has 1 saturated carbocycles. The van der Waals surface area contributed by atoms with E-state index in [1.165, 1.54) is 12.8 Å². The molecule has 0 aromatic heterocycles. The highest BCUT2D eigenvalue weighted by molar-refractivity contribution is 5.85. The van der Waals surface area contributed by atoms with Crippen molar-refractivity contribution in [2.45, 2.75) is 56.0 Å². The van der Waals surface area contributed by atoms with Gasteiger partial charge in [-0.1, -0.05) is 12.1 Å². The predicted octanol–water partition coefficient (Wildman–Crippen LogP) is 3.58. The number of rotatable bonds is 4. The highest BCUT2D eigenvalue weighted by atomic mass is 35.5. The van der Waals surface area contributed by atoms with Crippen molar-refractivity contribution in [2.24, 2.45) is 0 Å². The van der Waals surface area contributed by atoms with Gasteiger partial charge in [0.05, 0.1) is 18.6 Å². The van der Waals surface area contributed by atoms with Crippen molar-refractivity contribution in [3.8, 4) is 11.8 Å². The average molecular weight is 386 g/mol. The van der Waals surface area contributed by atoms with Gasteiger partial charge in [-0.25, -0.2) is 0 Å². The Morgan fingerprint density at radius 1 is 1.12 bits per heavy atom. The summed E-state index contributed by atoms with van der Waals surface area (Å²) in [6, 6.07) is 11.9. The highest BCUT2D eigenvalue weighted by Crippen LogP contribution is 2.40. The molecule has 1 aliphatic heterocycles. The molecule has 0 amide bonds. The molecule has 0 atom stereocenters. The third-order valence-corrected chi connectivity index (χ3v) is 5.49. The molecule has 3 rings (SSSR count). The Balaban J connectivity index is 0.00000156. The van der Waals surface area contributed by atoms with E-state index < -0.39 is 0 Å². The van der Waals surface area contributed by atoms with E-state index in [0.717, 1.165) is 50.1 Å². The summed E-state index contributed by atoms with van der Waals surface area (Å²) in [7, 11) is 1.68. The van der Waals surface area contributed by atoms with Crippen molar-refractivity contribution in [1.82, 2.24) is 10.6 Å². The molecule has 1 heterocycles. The number of nitrogens with one attached hydrogen (secondary N) is 2. The maximum absolute atomic E-state index is 9.85. The largest absolute Gasteiger partial charge is 0.497 e. The summed E-state index contributed by atoms with van der Waals surface area (Å²) in [5, 5.41) is 17.1. The summed E-state index contributed by atoms with van der Waals surface area (Å²) in [5.74, 6) is 0.840. The second kappa shape index (κ2) is 10.2. The van der Waals surface area contributed by atoms with Gasteiger partial charge in [-0.2, -0.15) is 5.26 Å². The first-order chi connectivity index (χ1) is 11.3. The molecule has 0 unspecified atom stereocenters. The average Bonchev–Trinajstić information content (AvgIpc) is 2.63. The van der Waals surface area contributed by atoms with Crippen LogP contribution < -0.4 is 15.4 Å². The SMILES string of the molecule is COc1cccc([C@]2(C#N)CC[C@@H](NC3CCNCC3)CC2)c1.Cl.Cl. The Morgan fingerprint density at radius 3 is 2.36 bits per heavy atom. The number of nitrogens with zero attached hydrogens (tertiary/aromatic N) is 1. The standard InChI is InChI=1S/C19H27N3O.2ClH/c1-23-18-4-2-3-15(13-18)19(14-20)9-5-16(6-10-19)22-17-7-11-21-12-8-17;;/h2-4,13,16-17,21-22H,5-12H2,1H3;2*1H/t16-,19-;;. The predicted molar refractivity (Wildman–Crippen MR) is 106 cm³/mol. The zero-order valence-corrected chi connectivity index (χ0v) is 16.4. The van der Waals surface area contributed by atoms with Crippen molar-refractivity contribution >= 4 is 24.8 Å². The number of nitriles is 1. The van der Waals surface area contributed by atoms with Gasteiger partial charge < -0.3 is 15.4 Å². The third-order valence-electron chi connectivity index (χ3n) is 5.49. The van der Waals surface area contributed by atoms with Crippen LogP contribution >= 0.6 is 24.8 Å². The van der Waals surface area contributed by atoms with Crippen LogP contribution in [0.15, 0.2) is 24.3 Å². The van der Waals surface area contributed by atoms with Crippen molar-refractivity contribution in [2.75, 3.05) is 20.2 Å². The molecule has 4 nitrogen and oxygen atoms in total. The van der Waals surface area contributed by atoms with Crippen LogP contribution in [0.3, 0.4) is 0 Å². The monoisotopic (exact) mass is 385 g/mol. The third kappa shape index (κ3) is 5.24. The molecular weight excluding hydrogens is 357 g/mol. The fourth-order valence-electron chi connectivity index (χ4n) is 3.98. The number of ether oxygens (including phenoxy) is 1. The van der Waals surface area contributed by atoms with Gasteiger partial charge in [0.2, 0.25) is 0 Å². The Morgan fingerprint density at radius 2 is 1.76 bits per heavy atom. The summed E-state index contributed by atoms with van der Waals surface area (Å²) in [6.45, 7) is 2.24. The lowest BCUT2D eigenvalue weighted by Gasteiger charge is -2.38. The van der Waals surface area contributed by atoms with Crippen LogP contribution in [-0.2, 0) is 5.41 Å². The lowest BCUT2D eigenvalue weighted by atomic mass is 9.69. The molecule has 2 N–H and O–H groups in total. The summed E-state index contributed by atoms with van der Waals surface area (Å²) in [5.41, 5.74) is 0.764. The summed E-state index contributed by atoms with van der Waals surface area (Å²) in [6.07, 6.45) is 6.45. The van der Waals surface area contributed by atoms with Crippen LogP contribution in [0.1, 0.15) is 44.1 Å². The Labute approximate surface area is 163 Å². The van der Waals surface area contributed by atoms with Crippen LogP contribution in [0.25, 0.3) is 0 Å². The Kier molecular flexibility index (Phi) is 9.02. The number of halogens is 2. The Bertz CT molecular complexity index is 562. The first-order valence-electron chi connectivity index (χ1n) is 8.78. The second-order valence-electron chi connectivity index (χ2n) is 6.89. The normalized spacial score (nSPS) is 26.6. The van der Waals surface area contributed by atoms with Gasteiger partial charge in [0, 0.05) is 12.1 Å². The van der Waals surface area contributed by atoms with Gasteiger partial charge in [0.1, 0.15) is 5.75 Å². The molecule has 140 valence electrons. The van der Waals surface area contributed by atoms with Gasteiger partial charge in [-0.3, -0.25) is 0 Å². The molecule has 2 aliphatic rings. The number of piperidine rings is 1. The number of benzene rings is 1. The molecule has 1 aromatic carbocycles. The fraction of sp³-hybridized carbons (Fsp3) is 0.632.